The SMILES string of the molecule is CNC(=O)N[C@H]1CCN(c2ccc(C)cc2)C1=O. The summed E-state index contributed by atoms with van der Waals surface area (Å²) in [7, 11) is 1.53. The van der Waals surface area contributed by atoms with Crippen LogP contribution in [0.15, 0.2) is 24.3 Å². The maximum absolute atomic E-state index is 12.1. The topological polar surface area (TPSA) is 61.4 Å². The van der Waals surface area contributed by atoms with Gasteiger partial charge in [0.1, 0.15) is 6.04 Å². The van der Waals surface area contributed by atoms with Gasteiger partial charge in [-0.15, -0.1) is 0 Å². The molecule has 18 heavy (non-hydrogen) atoms. The lowest BCUT2D eigenvalue weighted by Gasteiger charge is -2.17. The third kappa shape index (κ3) is 2.45. The van der Waals surface area contributed by atoms with Crippen LogP contribution in [0.25, 0.3) is 0 Å². The molecule has 2 N–H and O–H groups in total. The molecule has 2 rings (SSSR count). The van der Waals surface area contributed by atoms with Crippen LogP contribution in [0.2, 0.25) is 0 Å². The number of nitrogens with one attached hydrogen (secondary N) is 2. The van der Waals surface area contributed by atoms with E-state index in [0.29, 0.717) is 13.0 Å². The molecule has 1 fully saturated rings. The lowest BCUT2D eigenvalue weighted by Crippen LogP contribution is -2.45. The minimum atomic E-state index is -0.425. The van der Waals surface area contributed by atoms with Crippen molar-refractivity contribution in [3.05, 3.63) is 29.8 Å². The van der Waals surface area contributed by atoms with Crippen molar-refractivity contribution in [3.8, 4) is 0 Å². The van der Waals surface area contributed by atoms with E-state index >= 15 is 0 Å². The molecule has 0 aliphatic carbocycles. The Kier molecular flexibility index (Phi) is 3.50. The first-order chi connectivity index (χ1) is 8.61. The van der Waals surface area contributed by atoms with Gasteiger partial charge in [-0.25, -0.2) is 4.79 Å². The number of aryl methyl sites for hydroxylation is 1. The quantitative estimate of drug-likeness (QED) is 0.820. The van der Waals surface area contributed by atoms with Crippen molar-refractivity contribution in [2.45, 2.75) is 19.4 Å². The number of amides is 3. The fraction of sp³-hybridized carbons (Fsp3) is 0.385. The smallest absolute Gasteiger partial charge is 0.315 e. The van der Waals surface area contributed by atoms with Gasteiger partial charge in [0.05, 0.1) is 0 Å². The molecule has 1 aromatic carbocycles. The normalized spacial score (nSPS) is 18.9. The Balaban J connectivity index is 2.07. The summed E-state index contributed by atoms with van der Waals surface area (Å²) in [5, 5.41) is 5.10. The predicted molar refractivity (Wildman–Crippen MR) is 69.5 cm³/mol. The Hall–Kier alpha value is -2.04. The summed E-state index contributed by atoms with van der Waals surface area (Å²) in [6.45, 7) is 2.64. The van der Waals surface area contributed by atoms with Crippen molar-refractivity contribution in [1.29, 1.82) is 0 Å². The zero-order valence-corrected chi connectivity index (χ0v) is 10.6. The molecule has 1 aliphatic rings. The summed E-state index contributed by atoms with van der Waals surface area (Å²) in [5.74, 6) is -0.0533. The zero-order valence-electron chi connectivity index (χ0n) is 10.6. The van der Waals surface area contributed by atoms with Crippen LogP contribution in [0.1, 0.15) is 12.0 Å². The van der Waals surface area contributed by atoms with Crippen molar-refractivity contribution in [2.75, 3.05) is 18.5 Å². The molecule has 0 unspecified atom stereocenters. The summed E-state index contributed by atoms with van der Waals surface area (Å²) < 4.78 is 0. The zero-order chi connectivity index (χ0) is 13.1. The standard InChI is InChI=1S/C13H17N3O2/c1-9-3-5-10(6-4-9)16-8-7-11(12(16)17)15-13(18)14-2/h3-6,11H,7-8H2,1-2H3,(H2,14,15,18)/t11-/m0/s1. The number of rotatable bonds is 2. The molecule has 1 aromatic rings. The van der Waals surface area contributed by atoms with E-state index in [4.69, 9.17) is 0 Å². The van der Waals surface area contributed by atoms with Crippen molar-refractivity contribution < 1.29 is 9.59 Å². The fourth-order valence-electron chi connectivity index (χ4n) is 2.03. The Bertz CT molecular complexity index is 456. The molecule has 5 nitrogen and oxygen atoms in total. The van der Waals surface area contributed by atoms with Crippen LogP contribution < -0.4 is 15.5 Å². The highest BCUT2D eigenvalue weighted by atomic mass is 16.2. The summed E-state index contributed by atoms with van der Waals surface area (Å²) >= 11 is 0. The van der Waals surface area contributed by atoms with E-state index in [1.807, 2.05) is 31.2 Å². The van der Waals surface area contributed by atoms with Crippen LogP contribution in [0.5, 0.6) is 0 Å². The summed E-state index contributed by atoms with van der Waals surface area (Å²) in [4.78, 5) is 25.0. The molecule has 96 valence electrons. The molecule has 5 heteroatoms. The van der Waals surface area contributed by atoms with Gasteiger partial charge < -0.3 is 15.5 Å². The molecule has 0 aromatic heterocycles. The summed E-state index contributed by atoms with van der Waals surface area (Å²) in [6.07, 6.45) is 0.639. The molecule has 0 bridgehead atoms. The molecule has 0 spiro atoms. The number of nitrogens with zero attached hydrogens (tertiary/aromatic N) is 1. The molecule has 1 atom stereocenters. The first-order valence-corrected chi connectivity index (χ1v) is 5.98. The average molecular weight is 247 g/mol. The molecule has 1 aliphatic heterocycles. The molecule has 1 heterocycles. The van der Waals surface area contributed by atoms with Gasteiger partial charge in [0, 0.05) is 19.3 Å². The number of hydrogen-bond acceptors (Lipinski definition) is 2. The third-order valence-corrected chi connectivity index (χ3v) is 3.08. The maximum atomic E-state index is 12.1. The molecule has 1 saturated heterocycles. The lowest BCUT2D eigenvalue weighted by molar-refractivity contribution is -0.118. The van der Waals surface area contributed by atoms with E-state index in [-0.39, 0.29) is 11.9 Å². The van der Waals surface area contributed by atoms with Gasteiger partial charge in [-0.2, -0.15) is 0 Å². The van der Waals surface area contributed by atoms with Crippen molar-refractivity contribution >= 4 is 17.6 Å². The van der Waals surface area contributed by atoms with Crippen LogP contribution in [0.3, 0.4) is 0 Å². The molecular formula is C13H17N3O2. The van der Waals surface area contributed by atoms with E-state index in [1.54, 1.807) is 4.90 Å². The second kappa shape index (κ2) is 5.08. The van der Waals surface area contributed by atoms with Gasteiger partial charge in [-0.1, -0.05) is 17.7 Å². The molecular weight excluding hydrogens is 230 g/mol. The average Bonchev–Trinajstić information content (AvgIpc) is 2.72. The first kappa shape index (κ1) is 12.4. The number of anilines is 1. The van der Waals surface area contributed by atoms with Crippen molar-refractivity contribution in [1.82, 2.24) is 10.6 Å². The highest BCUT2D eigenvalue weighted by Crippen LogP contribution is 2.21. The minimum absolute atomic E-state index is 0.0533. The van der Waals surface area contributed by atoms with Gasteiger partial charge in [-0.05, 0) is 25.5 Å². The summed E-state index contributed by atoms with van der Waals surface area (Å²) in [5.41, 5.74) is 2.04. The first-order valence-electron chi connectivity index (χ1n) is 5.98. The number of hydrogen-bond donors (Lipinski definition) is 2. The van der Waals surface area contributed by atoms with E-state index in [2.05, 4.69) is 10.6 Å². The van der Waals surface area contributed by atoms with E-state index in [0.717, 1.165) is 11.3 Å². The van der Waals surface area contributed by atoms with Crippen molar-refractivity contribution in [2.24, 2.45) is 0 Å². The fourth-order valence-corrected chi connectivity index (χ4v) is 2.03. The van der Waals surface area contributed by atoms with Gasteiger partial charge in [0.25, 0.3) is 0 Å². The largest absolute Gasteiger partial charge is 0.341 e. The monoisotopic (exact) mass is 247 g/mol. The number of benzene rings is 1. The van der Waals surface area contributed by atoms with E-state index in [1.165, 1.54) is 7.05 Å². The van der Waals surface area contributed by atoms with Gasteiger partial charge in [-0.3, -0.25) is 4.79 Å². The van der Waals surface area contributed by atoms with Gasteiger partial charge >= 0.3 is 6.03 Å². The third-order valence-electron chi connectivity index (χ3n) is 3.08. The van der Waals surface area contributed by atoms with Crippen molar-refractivity contribution in [3.63, 3.8) is 0 Å². The maximum Gasteiger partial charge on any atom is 0.315 e. The molecule has 0 saturated carbocycles. The predicted octanol–water partition coefficient (Wildman–Crippen LogP) is 1.03. The Labute approximate surface area is 106 Å². The Morgan fingerprint density at radius 2 is 2.00 bits per heavy atom. The van der Waals surface area contributed by atoms with E-state index < -0.39 is 6.04 Å². The van der Waals surface area contributed by atoms with Crippen LogP contribution in [0, 0.1) is 6.92 Å². The highest BCUT2D eigenvalue weighted by Gasteiger charge is 2.33. The van der Waals surface area contributed by atoms with Crippen LogP contribution in [0.4, 0.5) is 10.5 Å². The second-order valence-corrected chi connectivity index (χ2v) is 4.39. The molecule has 0 radical (unpaired) electrons. The van der Waals surface area contributed by atoms with E-state index in [9.17, 15) is 9.59 Å². The minimum Gasteiger partial charge on any atom is -0.341 e. The Morgan fingerprint density at radius 1 is 1.33 bits per heavy atom. The highest BCUT2D eigenvalue weighted by molar-refractivity contribution is 6.01. The lowest BCUT2D eigenvalue weighted by atomic mass is 10.2. The number of carbonyl (C=O) groups excluding carboxylic acids is 2. The van der Waals surface area contributed by atoms with Gasteiger partial charge in [0.2, 0.25) is 5.91 Å². The Morgan fingerprint density at radius 3 is 2.61 bits per heavy atom. The van der Waals surface area contributed by atoms with Crippen LogP contribution >= 0.6 is 0 Å². The molecule has 3 amide bonds. The second-order valence-electron chi connectivity index (χ2n) is 4.39. The number of carbonyl (C=O) groups is 2. The van der Waals surface area contributed by atoms with Crippen LogP contribution in [-0.2, 0) is 4.79 Å². The number of urea groups is 1. The van der Waals surface area contributed by atoms with Crippen LogP contribution in [-0.4, -0.2) is 31.6 Å². The summed E-state index contributed by atoms with van der Waals surface area (Å²) in [6, 6.07) is 7.06. The van der Waals surface area contributed by atoms with Gasteiger partial charge in [0.15, 0.2) is 0 Å².